The van der Waals surface area contributed by atoms with Gasteiger partial charge < -0.3 is 18.9 Å². The number of Topliss-reactive ketones (excluding diaryl/α,β-unsaturated/α-hetero) is 1. The van der Waals surface area contributed by atoms with E-state index < -0.39 is 30.4 Å². The fraction of sp³-hybridized carbons (Fsp3) is 0.632. The van der Waals surface area contributed by atoms with Crippen molar-refractivity contribution in [1.29, 1.82) is 0 Å². The van der Waals surface area contributed by atoms with Crippen molar-refractivity contribution < 1.29 is 23.7 Å². The van der Waals surface area contributed by atoms with Crippen LogP contribution in [0.1, 0.15) is 45.6 Å². The molecule has 25 heavy (non-hydrogen) atoms. The van der Waals surface area contributed by atoms with Crippen LogP contribution in [-0.2, 0) is 30.3 Å². The van der Waals surface area contributed by atoms with E-state index >= 15 is 0 Å². The van der Waals surface area contributed by atoms with Crippen molar-refractivity contribution in [1.82, 2.24) is 0 Å². The van der Waals surface area contributed by atoms with E-state index in [1.54, 1.807) is 0 Å². The molecule has 3 rings (SSSR count). The van der Waals surface area contributed by atoms with E-state index in [0.29, 0.717) is 13.0 Å². The molecular weight excluding hydrogens is 388 g/mol. The van der Waals surface area contributed by atoms with E-state index in [9.17, 15) is 4.79 Å². The average Bonchev–Trinajstić information content (AvgIpc) is 3.04. The van der Waals surface area contributed by atoms with Gasteiger partial charge in [0.25, 0.3) is 0 Å². The summed E-state index contributed by atoms with van der Waals surface area (Å²) in [6, 6.07) is 7.87. The molecule has 138 valence electrons. The normalized spacial score (nSPS) is 30.4. The number of halogens is 1. The molecule has 0 amide bonds. The summed E-state index contributed by atoms with van der Waals surface area (Å²) in [5.74, 6) is -0.680. The average molecular weight is 413 g/mol. The Balaban J connectivity index is 1.73. The molecule has 0 saturated carbocycles. The largest absolute Gasteiger partial charge is 0.367 e. The van der Waals surface area contributed by atoms with E-state index in [2.05, 4.69) is 22.9 Å². The lowest BCUT2D eigenvalue weighted by atomic mass is 10.0. The topological polar surface area (TPSA) is 54.0 Å². The number of hydrogen-bond acceptors (Lipinski definition) is 5. The van der Waals surface area contributed by atoms with Crippen LogP contribution < -0.4 is 0 Å². The molecule has 1 aromatic rings. The lowest BCUT2D eigenvalue weighted by molar-refractivity contribution is -0.218. The first-order valence-electron chi connectivity index (χ1n) is 8.80. The summed E-state index contributed by atoms with van der Waals surface area (Å²) >= 11 is 3.52. The number of ether oxygens (including phenoxy) is 4. The van der Waals surface area contributed by atoms with Crippen LogP contribution in [-0.4, -0.2) is 36.2 Å². The maximum Gasteiger partial charge on any atom is 0.190 e. The summed E-state index contributed by atoms with van der Waals surface area (Å²) in [5.41, 5.74) is 1.02. The van der Waals surface area contributed by atoms with E-state index in [0.717, 1.165) is 22.9 Å². The molecule has 0 bridgehead atoms. The smallest absolute Gasteiger partial charge is 0.190 e. The first-order chi connectivity index (χ1) is 11.9. The summed E-state index contributed by atoms with van der Waals surface area (Å²) in [5, 5.41) is 0. The van der Waals surface area contributed by atoms with Crippen LogP contribution in [0, 0.1) is 0 Å². The predicted molar refractivity (Wildman–Crippen MR) is 95.9 cm³/mol. The molecule has 2 saturated heterocycles. The molecule has 2 aliphatic rings. The van der Waals surface area contributed by atoms with E-state index in [1.807, 2.05) is 38.1 Å². The van der Waals surface area contributed by atoms with Gasteiger partial charge in [0.15, 0.2) is 17.9 Å². The van der Waals surface area contributed by atoms with Gasteiger partial charge in [-0.15, -0.1) is 0 Å². The van der Waals surface area contributed by atoms with Crippen molar-refractivity contribution in [2.75, 3.05) is 0 Å². The standard InChI is InChI=1S/C19H25BrO5/c1-4-5-10-14(21)15-16(17-18(23-15)25-19(2,3)24-17)22-11-12-8-6-7-9-13(12)20/h6-9,15-18H,4-5,10-11H2,1-3H3/t15-,16+,17-,18-/m1/s1. The third-order valence-corrected chi connectivity index (χ3v) is 5.25. The molecule has 4 atom stereocenters. The van der Waals surface area contributed by atoms with E-state index in [4.69, 9.17) is 18.9 Å². The Labute approximate surface area is 157 Å². The van der Waals surface area contributed by atoms with Gasteiger partial charge in [-0.25, -0.2) is 0 Å². The Bertz CT molecular complexity index is 618. The summed E-state index contributed by atoms with van der Waals surface area (Å²) in [6.45, 7) is 6.12. The summed E-state index contributed by atoms with van der Waals surface area (Å²) < 4.78 is 24.7. The number of rotatable bonds is 7. The van der Waals surface area contributed by atoms with Crippen LogP contribution in [0.25, 0.3) is 0 Å². The molecule has 0 spiro atoms. The van der Waals surface area contributed by atoms with Crippen molar-refractivity contribution >= 4 is 21.7 Å². The highest BCUT2D eigenvalue weighted by molar-refractivity contribution is 9.10. The predicted octanol–water partition coefficient (Wildman–Crippen LogP) is 3.97. The van der Waals surface area contributed by atoms with Gasteiger partial charge in [-0.3, -0.25) is 4.79 Å². The lowest BCUT2D eigenvalue weighted by Gasteiger charge is -2.25. The molecule has 2 heterocycles. The molecule has 2 fully saturated rings. The van der Waals surface area contributed by atoms with Crippen molar-refractivity contribution in [2.45, 2.75) is 77.0 Å². The first kappa shape index (κ1) is 19.0. The molecule has 1 aromatic carbocycles. The summed E-state index contributed by atoms with van der Waals surface area (Å²) in [6.07, 6.45) is 0.233. The number of carbonyl (C=O) groups is 1. The van der Waals surface area contributed by atoms with Crippen LogP contribution in [0.5, 0.6) is 0 Å². The zero-order valence-corrected chi connectivity index (χ0v) is 16.5. The first-order valence-corrected chi connectivity index (χ1v) is 9.59. The number of benzene rings is 1. The molecule has 2 aliphatic heterocycles. The molecule has 0 aromatic heterocycles. The van der Waals surface area contributed by atoms with Crippen molar-refractivity contribution in [3.63, 3.8) is 0 Å². The number of hydrogen-bond donors (Lipinski definition) is 0. The highest BCUT2D eigenvalue weighted by Gasteiger charge is 2.57. The Hall–Kier alpha value is -0.790. The van der Waals surface area contributed by atoms with Gasteiger partial charge in [0, 0.05) is 10.9 Å². The zero-order valence-electron chi connectivity index (χ0n) is 14.9. The van der Waals surface area contributed by atoms with Crippen LogP contribution in [0.2, 0.25) is 0 Å². The molecule has 0 unspecified atom stereocenters. The Kier molecular flexibility index (Phi) is 5.96. The van der Waals surface area contributed by atoms with Gasteiger partial charge in [0.05, 0.1) is 6.61 Å². The van der Waals surface area contributed by atoms with Crippen LogP contribution in [0.4, 0.5) is 0 Å². The van der Waals surface area contributed by atoms with Crippen LogP contribution >= 0.6 is 15.9 Å². The molecular formula is C19H25BrO5. The second-order valence-electron chi connectivity index (χ2n) is 6.96. The third-order valence-electron chi connectivity index (χ3n) is 4.47. The van der Waals surface area contributed by atoms with Gasteiger partial charge in [0.2, 0.25) is 0 Å². The maximum atomic E-state index is 12.6. The molecule has 0 aliphatic carbocycles. The Morgan fingerprint density at radius 1 is 1.28 bits per heavy atom. The van der Waals surface area contributed by atoms with E-state index in [-0.39, 0.29) is 5.78 Å². The zero-order chi connectivity index (χ0) is 18.0. The summed E-state index contributed by atoms with van der Waals surface area (Å²) in [4.78, 5) is 12.6. The molecule has 0 radical (unpaired) electrons. The minimum Gasteiger partial charge on any atom is -0.367 e. The quantitative estimate of drug-likeness (QED) is 0.677. The highest BCUT2D eigenvalue weighted by Crippen LogP contribution is 2.39. The number of carbonyl (C=O) groups excluding carboxylic acids is 1. The van der Waals surface area contributed by atoms with Gasteiger partial charge >= 0.3 is 0 Å². The SMILES string of the molecule is CCCCC(=O)[C@H]1O[C@@H]2OC(C)(C)O[C@@H]2[C@H]1OCc1ccccc1Br. The molecule has 0 N–H and O–H groups in total. The maximum absolute atomic E-state index is 12.6. The van der Waals surface area contributed by atoms with Gasteiger partial charge in [-0.2, -0.15) is 0 Å². The minimum atomic E-state index is -0.734. The Morgan fingerprint density at radius 3 is 2.76 bits per heavy atom. The second kappa shape index (κ2) is 7.84. The van der Waals surface area contributed by atoms with Crippen molar-refractivity contribution in [3.8, 4) is 0 Å². The van der Waals surface area contributed by atoms with Gasteiger partial charge in [-0.05, 0) is 31.9 Å². The number of ketones is 1. The van der Waals surface area contributed by atoms with Crippen LogP contribution in [0.15, 0.2) is 28.7 Å². The van der Waals surface area contributed by atoms with E-state index in [1.165, 1.54) is 0 Å². The minimum absolute atomic E-state index is 0.0541. The number of fused-ring (bicyclic) bond motifs is 1. The van der Waals surface area contributed by atoms with Gasteiger partial charge in [-0.1, -0.05) is 47.5 Å². The fourth-order valence-electron chi connectivity index (χ4n) is 3.22. The number of unbranched alkanes of at least 4 members (excludes halogenated alkanes) is 1. The second-order valence-corrected chi connectivity index (χ2v) is 7.82. The Morgan fingerprint density at radius 2 is 2.04 bits per heavy atom. The van der Waals surface area contributed by atoms with Gasteiger partial charge in [0.1, 0.15) is 18.3 Å². The third kappa shape index (κ3) is 4.31. The highest BCUT2D eigenvalue weighted by atomic mass is 79.9. The lowest BCUT2D eigenvalue weighted by Crippen LogP contribution is -2.40. The van der Waals surface area contributed by atoms with Crippen LogP contribution in [0.3, 0.4) is 0 Å². The van der Waals surface area contributed by atoms with Crippen molar-refractivity contribution in [2.24, 2.45) is 0 Å². The molecule has 6 heteroatoms. The molecule has 5 nitrogen and oxygen atoms in total. The summed E-state index contributed by atoms with van der Waals surface area (Å²) in [7, 11) is 0. The monoisotopic (exact) mass is 412 g/mol. The fourth-order valence-corrected chi connectivity index (χ4v) is 3.61. The van der Waals surface area contributed by atoms with Crippen molar-refractivity contribution in [3.05, 3.63) is 34.3 Å².